The Morgan fingerprint density at radius 3 is 2.52 bits per heavy atom. The van der Waals surface area contributed by atoms with Crippen LogP contribution in [0.1, 0.15) is 15.2 Å². The van der Waals surface area contributed by atoms with Gasteiger partial charge in [0.2, 0.25) is 5.13 Å². The van der Waals surface area contributed by atoms with Gasteiger partial charge < -0.3 is 9.64 Å². The predicted molar refractivity (Wildman–Crippen MR) is 132 cm³/mol. The fraction of sp³-hybridized carbons (Fsp3) is 0.136. The number of thiazole rings is 1. The average Bonchev–Trinajstić information content (AvgIpc) is 3.46. The fourth-order valence-corrected chi connectivity index (χ4v) is 4.59. The van der Waals surface area contributed by atoms with Crippen molar-refractivity contribution >= 4 is 60.8 Å². The summed E-state index contributed by atoms with van der Waals surface area (Å²) in [6, 6.07) is 15.6. The normalized spacial score (nSPS) is 11.1. The summed E-state index contributed by atoms with van der Waals surface area (Å²) in [6.45, 7) is 0. The van der Waals surface area contributed by atoms with Crippen LogP contribution in [0.5, 0.6) is 5.75 Å². The quantitative estimate of drug-likeness (QED) is 0.209. The maximum absolute atomic E-state index is 13.4. The van der Waals surface area contributed by atoms with Crippen LogP contribution in [0.3, 0.4) is 0 Å². The Morgan fingerprint density at radius 1 is 1.12 bits per heavy atom. The minimum atomic E-state index is -0.460. The van der Waals surface area contributed by atoms with E-state index in [-0.39, 0.29) is 10.9 Å². The van der Waals surface area contributed by atoms with Crippen LogP contribution in [0, 0.1) is 10.1 Å². The molecule has 1 amide bonds. The molecule has 0 atom stereocenters. The van der Waals surface area contributed by atoms with Crippen molar-refractivity contribution in [2.24, 2.45) is 5.10 Å². The molecule has 0 fully saturated rings. The second kappa shape index (κ2) is 9.35. The molecule has 4 rings (SSSR count). The van der Waals surface area contributed by atoms with Gasteiger partial charge in [-0.2, -0.15) is 10.1 Å². The van der Waals surface area contributed by atoms with E-state index >= 15 is 0 Å². The highest BCUT2D eigenvalue weighted by Gasteiger charge is 2.22. The van der Waals surface area contributed by atoms with E-state index in [1.807, 2.05) is 43.3 Å². The Balaban J connectivity index is 1.73. The van der Waals surface area contributed by atoms with Gasteiger partial charge in [-0.3, -0.25) is 14.9 Å². The van der Waals surface area contributed by atoms with E-state index in [1.54, 1.807) is 31.4 Å². The molecule has 0 unspecified atom stereocenters. The van der Waals surface area contributed by atoms with Crippen LogP contribution < -0.4 is 14.6 Å². The number of benzene rings is 2. The number of ether oxygens (including phenoxy) is 1. The molecule has 0 aliphatic carbocycles. The zero-order chi connectivity index (χ0) is 23.5. The van der Waals surface area contributed by atoms with Crippen molar-refractivity contribution in [2.75, 3.05) is 31.1 Å². The Morgan fingerprint density at radius 2 is 1.88 bits per heavy atom. The molecule has 2 aromatic carbocycles. The largest absolute Gasteiger partial charge is 0.497 e. The van der Waals surface area contributed by atoms with E-state index in [4.69, 9.17) is 4.74 Å². The summed E-state index contributed by atoms with van der Waals surface area (Å²) in [5, 5.41) is 16.9. The Hall–Kier alpha value is -3.83. The number of amides is 1. The van der Waals surface area contributed by atoms with Crippen molar-refractivity contribution in [2.45, 2.75) is 0 Å². The monoisotopic (exact) mass is 481 g/mol. The molecule has 0 saturated carbocycles. The number of fused-ring (bicyclic) bond motifs is 1. The average molecular weight is 482 g/mol. The second-order valence-electron chi connectivity index (χ2n) is 7.07. The number of hydrazone groups is 1. The third-order valence-electron chi connectivity index (χ3n) is 4.68. The molecule has 9 nitrogen and oxygen atoms in total. The van der Waals surface area contributed by atoms with Gasteiger partial charge in [-0.15, -0.1) is 0 Å². The van der Waals surface area contributed by atoms with Crippen molar-refractivity contribution < 1.29 is 14.5 Å². The number of thiophene rings is 1. The summed E-state index contributed by atoms with van der Waals surface area (Å²) in [6.07, 6.45) is 1.43. The van der Waals surface area contributed by atoms with Gasteiger partial charge in [0.1, 0.15) is 5.75 Å². The summed E-state index contributed by atoms with van der Waals surface area (Å²) in [7, 11) is 5.42. The predicted octanol–water partition coefficient (Wildman–Crippen LogP) is 5.02. The van der Waals surface area contributed by atoms with Gasteiger partial charge in [0.25, 0.3) is 5.91 Å². The lowest BCUT2D eigenvalue weighted by Crippen LogP contribution is -2.25. The Labute approximate surface area is 197 Å². The molecule has 0 radical (unpaired) electrons. The number of rotatable bonds is 7. The number of nitro groups is 1. The molecule has 11 heteroatoms. The first-order valence-corrected chi connectivity index (χ1v) is 11.3. The molecular formula is C22H19N5O4S2. The van der Waals surface area contributed by atoms with Gasteiger partial charge in [-0.1, -0.05) is 22.7 Å². The standard InChI is InChI=1S/C22H19N5O4S2/c1-25(2)15-6-4-14(5-7-15)21(28)26(23-13-17-9-11-20(32-17)27(29)30)22-24-18-10-8-16(31-3)12-19(18)33-22/h4-13H,1-3H3/b23-13+. The zero-order valence-electron chi connectivity index (χ0n) is 18.0. The minimum absolute atomic E-state index is 0.000632. The molecule has 0 aliphatic heterocycles. The number of methoxy groups -OCH3 is 1. The van der Waals surface area contributed by atoms with E-state index < -0.39 is 4.92 Å². The number of hydrogen-bond acceptors (Lipinski definition) is 9. The van der Waals surface area contributed by atoms with E-state index in [0.29, 0.717) is 26.8 Å². The number of nitrogens with zero attached hydrogens (tertiary/aromatic N) is 5. The first-order valence-electron chi connectivity index (χ1n) is 9.70. The van der Waals surface area contributed by atoms with Crippen LogP contribution in [0.25, 0.3) is 10.2 Å². The zero-order valence-corrected chi connectivity index (χ0v) is 19.6. The Bertz CT molecular complexity index is 1340. The summed E-state index contributed by atoms with van der Waals surface area (Å²) in [5.41, 5.74) is 2.10. The summed E-state index contributed by atoms with van der Waals surface area (Å²) in [4.78, 5) is 31.0. The maximum atomic E-state index is 13.4. The van der Waals surface area contributed by atoms with Crippen LogP contribution >= 0.6 is 22.7 Å². The van der Waals surface area contributed by atoms with E-state index in [2.05, 4.69) is 10.1 Å². The SMILES string of the molecule is COc1ccc2nc(N(/N=C/c3ccc([N+](=O)[O-])s3)C(=O)c3ccc(N(C)C)cc3)sc2c1. The Kier molecular flexibility index (Phi) is 6.33. The van der Waals surface area contributed by atoms with Crippen LogP contribution in [-0.2, 0) is 0 Å². The van der Waals surface area contributed by atoms with Crippen LogP contribution in [0.2, 0.25) is 0 Å². The molecule has 4 aromatic rings. The van der Waals surface area contributed by atoms with Gasteiger partial charge in [0.15, 0.2) is 0 Å². The summed E-state index contributed by atoms with van der Waals surface area (Å²) < 4.78 is 6.12. The number of aromatic nitrogens is 1. The topological polar surface area (TPSA) is 101 Å². The lowest BCUT2D eigenvalue weighted by molar-refractivity contribution is -0.380. The molecule has 2 aromatic heterocycles. The smallest absolute Gasteiger partial charge is 0.324 e. The molecule has 2 heterocycles. The number of hydrogen-bond donors (Lipinski definition) is 0. The number of carbonyl (C=O) groups excluding carboxylic acids is 1. The third kappa shape index (κ3) is 4.83. The van der Waals surface area contributed by atoms with E-state index in [9.17, 15) is 14.9 Å². The van der Waals surface area contributed by atoms with Crippen molar-refractivity contribution in [1.29, 1.82) is 0 Å². The molecule has 0 bridgehead atoms. The maximum Gasteiger partial charge on any atom is 0.324 e. The summed E-state index contributed by atoms with van der Waals surface area (Å²) in [5.74, 6) is 0.317. The van der Waals surface area contributed by atoms with Crippen molar-refractivity contribution in [3.8, 4) is 5.75 Å². The van der Waals surface area contributed by atoms with E-state index in [1.165, 1.54) is 28.6 Å². The molecule has 0 saturated heterocycles. The lowest BCUT2D eigenvalue weighted by Gasteiger charge is -2.15. The van der Waals surface area contributed by atoms with Gasteiger partial charge >= 0.3 is 5.00 Å². The first-order chi connectivity index (χ1) is 15.9. The van der Waals surface area contributed by atoms with Crippen molar-refractivity contribution in [3.63, 3.8) is 0 Å². The lowest BCUT2D eigenvalue weighted by atomic mass is 10.2. The molecule has 0 N–H and O–H groups in total. The van der Waals surface area contributed by atoms with Gasteiger partial charge in [0.05, 0.1) is 33.3 Å². The highest BCUT2D eigenvalue weighted by Crippen LogP contribution is 2.33. The third-order valence-corrected chi connectivity index (χ3v) is 6.65. The van der Waals surface area contributed by atoms with Crippen molar-refractivity contribution in [1.82, 2.24) is 4.98 Å². The minimum Gasteiger partial charge on any atom is -0.497 e. The van der Waals surface area contributed by atoms with Crippen molar-refractivity contribution in [3.05, 3.63) is 75.2 Å². The van der Waals surface area contributed by atoms with Crippen LogP contribution in [-0.4, -0.2) is 43.2 Å². The molecule has 0 spiro atoms. The van der Waals surface area contributed by atoms with Gasteiger partial charge in [-0.25, -0.2) is 4.98 Å². The van der Waals surface area contributed by atoms with Gasteiger partial charge in [-0.05, 0) is 48.5 Å². The molecule has 33 heavy (non-hydrogen) atoms. The van der Waals surface area contributed by atoms with E-state index in [0.717, 1.165) is 21.7 Å². The molecule has 0 aliphatic rings. The first kappa shape index (κ1) is 22.4. The second-order valence-corrected chi connectivity index (χ2v) is 9.17. The number of anilines is 2. The summed E-state index contributed by atoms with van der Waals surface area (Å²) >= 11 is 2.27. The number of carbonyl (C=O) groups is 1. The highest BCUT2D eigenvalue weighted by atomic mass is 32.1. The van der Waals surface area contributed by atoms with Crippen LogP contribution in [0.4, 0.5) is 15.8 Å². The van der Waals surface area contributed by atoms with Crippen LogP contribution in [0.15, 0.2) is 59.7 Å². The fourth-order valence-electron chi connectivity index (χ4n) is 2.95. The highest BCUT2D eigenvalue weighted by molar-refractivity contribution is 7.22. The molecular weight excluding hydrogens is 462 g/mol. The van der Waals surface area contributed by atoms with Gasteiger partial charge in [0, 0.05) is 31.4 Å². The molecule has 168 valence electrons.